The van der Waals surface area contributed by atoms with Crippen molar-refractivity contribution in [3.05, 3.63) is 94.8 Å². The highest BCUT2D eigenvalue weighted by Crippen LogP contribution is 2.14. The molecule has 192 valence electrons. The van der Waals surface area contributed by atoms with E-state index in [1.807, 2.05) is 60.7 Å². The van der Waals surface area contributed by atoms with Crippen LogP contribution in [0.4, 0.5) is 0 Å². The lowest BCUT2D eigenvalue weighted by atomic mass is 10.1. The minimum absolute atomic E-state index is 0.0744. The first-order valence-electron chi connectivity index (χ1n) is 12.4. The van der Waals surface area contributed by atoms with Gasteiger partial charge in [0.15, 0.2) is 0 Å². The Hall–Kier alpha value is -3.38. The van der Waals surface area contributed by atoms with Crippen LogP contribution >= 0.6 is 11.6 Å². The summed E-state index contributed by atoms with van der Waals surface area (Å²) in [7, 11) is 0. The fourth-order valence-corrected chi connectivity index (χ4v) is 3.50. The number of nitrogens with one attached hydrogen (secondary N) is 1. The molecule has 6 nitrogen and oxygen atoms in total. The Morgan fingerprint density at radius 1 is 0.944 bits per heavy atom. The van der Waals surface area contributed by atoms with Crippen LogP contribution in [0.1, 0.15) is 49.3 Å². The van der Waals surface area contributed by atoms with Crippen molar-refractivity contribution in [1.82, 2.24) is 10.3 Å². The lowest BCUT2D eigenvalue weighted by Gasteiger charge is -2.08. The van der Waals surface area contributed by atoms with E-state index in [0.717, 1.165) is 59.8 Å². The predicted octanol–water partition coefficient (Wildman–Crippen LogP) is 5.31. The number of nitrogens with two attached hydrogens (primary N) is 1. The third kappa shape index (κ3) is 12.9. The molecule has 0 saturated carbocycles. The average Bonchev–Trinajstić information content (AvgIpc) is 2.88. The van der Waals surface area contributed by atoms with Crippen LogP contribution in [0.3, 0.4) is 0 Å². The topological polar surface area (TPSA) is 94.3 Å². The summed E-state index contributed by atoms with van der Waals surface area (Å²) in [6, 6.07) is 19.5. The number of amides is 2. The molecule has 0 aliphatic heterocycles. The summed E-state index contributed by atoms with van der Waals surface area (Å²) in [5, 5.41) is 3.69. The SMILES string of the molecule is CCCCOc1ccc(CCC(=O)NCCc2cccc(Cl)c2)cc1.NC(=O)CCc1cccnc1. The Balaban J connectivity index is 0.000000346. The Morgan fingerprint density at radius 2 is 1.69 bits per heavy atom. The smallest absolute Gasteiger partial charge is 0.220 e. The Bertz CT molecular complexity index is 1040. The molecule has 0 atom stereocenters. The van der Waals surface area contributed by atoms with E-state index in [-0.39, 0.29) is 11.8 Å². The van der Waals surface area contributed by atoms with Crippen LogP contribution in [0.25, 0.3) is 0 Å². The maximum Gasteiger partial charge on any atom is 0.220 e. The van der Waals surface area contributed by atoms with Gasteiger partial charge in [0.2, 0.25) is 11.8 Å². The van der Waals surface area contributed by atoms with Gasteiger partial charge < -0.3 is 15.8 Å². The van der Waals surface area contributed by atoms with Crippen LogP contribution in [-0.2, 0) is 28.9 Å². The molecule has 2 amide bonds. The summed E-state index contributed by atoms with van der Waals surface area (Å²) in [4.78, 5) is 26.2. The van der Waals surface area contributed by atoms with Crippen molar-refractivity contribution in [3.8, 4) is 5.75 Å². The van der Waals surface area contributed by atoms with Crippen LogP contribution in [-0.4, -0.2) is 29.9 Å². The second-order valence-electron chi connectivity index (χ2n) is 8.40. The van der Waals surface area contributed by atoms with Gasteiger partial charge in [-0.05, 0) is 72.7 Å². The molecule has 2 aromatic carbocycles. The Kier molecular flexibility index (Phi) is 13.7. The second kappa shape index (κ2) is 17.1. The van der Waals surface area contributed by atoms with Crippen molar-refractivity contribution >= 4 is 23.4 Å². The summed E-state index contributed by atoms with van der Waals surface area (Å²) in [5.74, 6) is 0.697. The van der Waals surface area contributed by atoms with Crippen molar-refractivity contribution in [2.75, 3.05) is 13.2 Å². The first-order chi connectivity index (χ1) is 17.5. The number of aromatic nitrogens is 1. The molecule has 0 bridgehead atoms. The number of nitrogens with zero attached hydrogens (tertiary/aromatic N) is 1. The summed E-state index contributed by atoms with van der Waals surface area (Å²) in [6.45, 7) is 3.53. The number of benzene rings is 2. The third-order valence-corrected chi connectivity index (χ3v) is 5.57. The van der Waals surface area contributed by atoms with Crippen LogP contribution in [0.15, 0.2) is 73.1 Å². The predicted molar refractivity (Wildman–Crippen MR) is 145 cm³/mol. The number of unbranched alkanes of at least 4 members (excludes halogenated alkanes) is 1. The van der Waals surface area contributed by atoms with E-state index in [4.69, 9.17) is 22.1 Å². The summed E-state index contributed by atoms with van der Waals surface area (Å²) >= 11 is 5.95. The van der Waals surface area contributed by atoms with E-state index in [0.29, 0.717) is 25.8 Å². The molecule has 3 N–H and O–H groups in total. The van der Waals surface area contributed by atoms with Gasteiger partial charge in [-0.15, -0.1) is 0 Å². The van der Waals surface area contributed by atoms with Crippen LogP contribution < -0.4 is 15.8 Å². The van der Waals surface area contributed by atoms with Crippen molar-refractivity contribution in [1.29, 1.82) is 0 Å². The number of carbonyl (C=O) groups excluding carboxylic acids is 2. The first-order valence-corrected chi connectivity index (χ1v) is 12.7. The minimum atomic E-state index is -0.270. The number of pyridine rings is 1. The molecule has 1 heterocycles. The summed E-state index contributed by atoms with van der Waals surface area (Å²) < 4.78 is 5.64. The molecular formula is C29H36ClN3O3. The van der Waals surface area contributed by atoms with E-state index >= 15 is 0 Å². The quantitative estimate of drug-likeness (QED) is 0.305. The van der Waals surface area contributed by atoms with Crippen LogP contribution in [0.2, 0.25) is 5.02 Å². The normalized spacial score (nSPS) is 10.2. The maximum absolute atomic E-state index is 12.0. The van der Waals surface area contributed by atoms with Crippen molar-refractivity contribution < 1.29 is 14.3 Å². The van der Waals surface area contributed by atoms with Crippen molar-refractivity contribution in [2.45, 2.75) is 51.9 Å². The van der Waals surface area contributed by atoms with Crippen LogP contribution in [0, 0.1) is 0 Å². The highest BCUT2D eigenvalue weighted by atomic mass is 35.5. The number of hydrogen-bond acceptors (Lipinski definition) is 4. The van der Waals surface area contributed by atoms with E-state index in [9.17, 15) is 9.59 Å². The zero-order chi connectivity index (χ0) is 26.0. The molecule has 7 heteroatoms. The van der Waals surface area contributed by atoms with Gasteiger partial charge in [-0.1, -0.05) is 55.3 Å². The fraction of sp³-hybridized carbons (Fsp3) is 0.345. The number of hydrogen-bond donors (Lipinski definition) is 2. The Labute approximate surface area is 219 Å². The first kappa shape index (κ1) is 28.9. The molecule has 0 fully saturated rings. The second-order valence-corrected chi connectivity index (χ2v) is 8.84. The molecule has 0 aliphatic carbocycles. The molecule has 3 aromatic rings. The number of rotatable bonds is 13. The Morgan fingerprint density at radius 3 is 2.36 bits per heavy atom. The highest BCUT2D eigenvalue weighted by molar-refractivity contribution is 6.30. The molecule has 0 unspecified atom stereocenters. The molecule has 0 aliphatic rings. The molecule has 0 radical (unpaired) electrons. The van der Waals surface area contributed by atoms with Crippen LogP contribution in [0.5, 0.6) is 5.75 Å². The van der Waals surface area contributed by atoms with E-state index in [1.165, 1.54) is 0 Å². The molecule has 0 saturated heterocycles. The van der Waals surface area contributed by atoms with Gasteiger partial charge in [0.05, 0.1) is 6.61 Å². The van der Waals surface area contributed by atoms with Gasteiger partial charge in [0.1, 0.15) is 5.75 Å². The lowest BCUT2D eigenvalue weighted by molar-refractivity contribution is -0.121. The van der Waals surface area contributed by atoms with E-state index < -0.39 is 0 Å². The van der Waals surface area contributed by atoms with E-state index in [1.54, 1.807) is 12.4 Å². The molecule has 3 rings (SSSR count). The standard InChI is InChI=1S/C21H26ClNO2.C8H10N2O/c1-2-3-15-25-20-10-7-17(8-11-20)9-12-21(24)23-14-13-18-5-4-6-19(22)16-18;9-8(11)4-3-7-2-1-5-10-6-7/h4-8,10-11,16H,2-3,9,12-15H2,1H3,(H,23,24);1-2,5-6H,3-4H2,(H2,9,11). The maximum atomic E-state index is 12.0. The van der Waals surface area contributed by atoms with Gasteiger partial charge in [-0.2, -0.15) is 0 Å². The largest absolute Gasteiger partial charge is 0.494 e. The number of primary amides is 1. The van der Waals surface area contributed by atoms with Crippen molar-refractivity contribution in [3.63, 3.8) is 0 Å². The average molecular weight is 510 g/mol. The zero-order valence-electron chi connectivity index (χ0n) is 20.9. The van der Waals surface area contributed by atoms with Gasteiger partial charge in [-0.25, -0.2) is 0 Å². The lowest BCUT2D eigenvalue weighted by Crippen LogP contribution is -2.25. The van der Waals surface area contributed by atoms with Crippen molar-refractivity contribution in [2.24, 2.45) is 5.73 Å². The molecule has 1 aromatic heterocycles. The molecular weight excluding hydrogens is 474 g/mol. The number of carbonyl (C=O) groups is 2. The number of aryl methyl sites for hydroxylation is 2. The van der Waals surface area contributed by atoms with Gasteiger partial charge in [-0.3, -0.25) is 14.6 Å². The number of halogens is 1. The summed E-state index contributed by atoms with van der Waals surface area (Å²) in [6.07, 6.45) is 8.73. The van der Waals surface area contributed by atoms with Gasteiger partial charge in [0.25, 0.3) is 0 Å². The minimum Gasteiger partial charge on any atom is -0.494 e. The van der Waals surface area contributed by atoms with Gasteiger partial charge in [0, 0.05) is 36.8 Å². The zero-order valence-corrected chi connectivity index (χ0v) is 21.7. The summed E-state index contributed by atoms with van der Waals surface area (Å²) in [5.41, 5.74) is 8.31. The monoisotopic (exact) mass is 509 g/mol. The van der Waals surface area contributed by atoms with E-state index in [2.05, 4.69) is 17.2 Å². The van der Waals surface area contributed by atoms with Gasteiger partial charge >= 0.3 is 0 Å². The highest BCUT2D eigenvalue weighted by Gasteiger charge is 2.03. The molecule has 36 heavy (non-hydrogen) atoms. The fourth-order valence-electron chi connectivity index (χ4n) is 3.29. The molecule has 0 spiro atoms. The third-order valence-electron chi connectivity index (χ3n) is 5.34. The number of ether oxygens (including phenoxy) is 1.